The topological polar surface area (TPSA) is 60.8 Å². The van der Waals surface area contributed by atoms with Crippen LogP contribution in [-0.2, 0) is 0 Å². The Hall–Kier alpha value is -1.40. The van der Waals surface area contributed by atoms with Gasteiger partial charge < -0.3 is 14.9 Å². The molecule has 0 radical (unpaired) electrons. The maximum absolute atomic E-state index is 13.6. The van der Waals surface area contributed by atoms with E-state index in [-0.39, 0.29) is 16.9 Å². The average molecular weight is 265 g/mol. The third-order valence-corrected chi connectivity index (χ3v) is 3.47. The first kappa shape index (κ1) is 14.0. The summed E-state index contributed by atoms with van der Waals surface area (Å²) in [5.74, 6) is -0.517. The van der Waals surface area contributed by atoms with E-state index in [2.05, 4.69) is 6.92 Å². The van der Waals surface area contributed by atoms with E-state index in [9.17, 15) is 9.18 Å². The van der Waals surface area contributed by atoms with Crippen molar-refractivity contribution in [3.8, 4) is 0 Å². The number of halogens is 1. The standard InChI is InChI=1S/C13H17BFNO3/c1-9-3-2-6-16(8-9)13(17)10-4-5-11(14(18)19)12(15)7-10/h4-5,7,9,18-19H,2-3,6,8H2,1H3/t9-/m1/s1. The van der Waals surface area contributed by atoms with E-state index in [0.29, 0.717) is 19.0 Å². The number of hydrogen-bond donors (Lipinski definition) is 2. The maximum atomic E-state index is 13.6. The van der Waals surface area contributed by atoms with Gasteiger partial charge in [-0.05, 0) is 30.9 Å². The zero-order valence-corrected chi connectivity index (χ0v) is 10.8. The number of likely N-dealkylation sites (tertiary alicyclic amines) is 1. The Bertz CT molecular complexity index is 481. The van der Waals surface area contributed by atoms with Gasteiger partial charge >= 0.3 is 7.12 Å². The number of amides is 1. The lowest BCUT2D eigenvalue weighted by Crippen LogP contribution is -2.39. The SMILES string of the molecule is C[C@@H]1CCCN(C(=O)c2ccc(B(O)O)c(F)c2)C1. The molecule has 1 aliphatic heterocycles. The zero-order valence-electron chi connectivity index (χ0n) is 10.8. The molecule has 1 aromatic carbocycles. The number of benzene rings is 1. The van der Waals surface area contributed by atoms with Gasteiger partial charge in [0.1, 0.15) is 5.82 Å². The predicted molar refractivity (Wildman–Crippen MR) is 70.5 cm³/mol. The van der Waals surface area contributed by atoms with Crippen molar-refractivity contribution < 1.29 is 19.2 Å². The van der Waals surface area contributed by atoms with Crippen molar-refractivity contribution in [1.82, 2.24) is 4.90 Å². The highest BCUT2D eigenvalue weighted by molar-refractivity contribution is 6.58. The van der Waals surface area contributed by atoms with Crippen molar-refractivity contribution in [2.45, 2.75) is 19.8 Å². The quantitative estimate of drug-likeness (QED) is 0.760. The second-order valence-electron chi connectivity index (χ2n) is 5.11. The van der Waals surface area contributed by atoms with E-state index < -0.39 is 12.9 Å². The minimum atomic E-state index is -1.86. The summed E-state index contributed by atoms with van der Waals surface area (Å²) >= 11 is 0. The van der Waals surface area contributed by atoms with E-state index in [1.54, 1.807) is 4.90 Å². The van der Waals surface area contributed by atoms with E-state index in [1.807, 2.05) is 0 Å². The van der Waals surface area contributed by atoms with Crippen LogP contribution in [0.2, 0.25) is 0 Å². The fourth-order valence-corrected chi connectivity index (χ4v) is 2.43. The van der Waals surface area contributed by atoms with Gasteiger partial charge in [-0.3, -0.25) is 4.79 Å². The van der Waals surface area contributed by atoms with Crippen LogP contribution in [-0.4, -0.2) is 41.1 Å². The van der Waals surface area contributed by atoms with E-state index in [0.717, 1.165) is 18.9 Å². The number of piperidine rings is 1. The molecule has 0 aromatic heterocycles. The minimum Gasteiger partial charge on any atom is -0.423 e. The summed E-state index contributed by atoms with van der Waals surface area (Å²) in [5, 5.41) is 17.9. The number of carbonyl (C=O) groups excluding carboxylic acids is 1. The summed E-state index contributed by atoms with van der Waals surface area (Å²) in [4.78, 5) is 13.9. The van der Waals surface area contributed by atoms with Crippen LogP contribution >= 0.6 is 0 Å². The lowest BCUT2D eigenvalue weighted by molar-refractivity contribution is 0.0682. The third kappa shape index (κ3) is 3.14. The Labute approximate surface area is 112 Å². The van der Waals surface area contributed by atoms with E-state index in [4.69, 9.17) is 10.0 Å². The minimum absolute atomic E-state index is 0.204. The summed E-state index contributed by atoms with van der Waals surface area (Å²) in [6, 6.07) is 3.73. The molecule has 0 spiro atoms. The molecule has 0 aliphatic carbocycles. The van der Waals surface area contributed by atoms with Crippen LogP contribution in [0.4, 0.5) is 4.39 Å². The van der Waals surface area contributed by atoms with Gasteiger partial charge in [0.15, 0.2) is 0 Å². The van der Waals surface area contributed by atoms with Crippen LogP contribution in [0, 0.1) is 11.7 Å². The van der Waals surface area contributed by atoms with Crippen molar-refractivity contribution in [2.24, 2.45) is 5.92 Å². The van der Waals surface area contributed by atoms with Crippen molar-refractivity contribution in [3.63, 3.8) is 0 Å². The number of carbonyl (C=O) groups is 1. The van der Waals surface area contributed by atoms with Crippen molar-refractivity contribution in [2.75, 3.05) is 13.1 Å². The van der Waals surface area contributed by atoms with E-state index in [1.165, 1.54) is 12.1 Å². The molecule has 0 saturated carbocycles. The van der Waals surface area contributed by atoms with Crippen LogP contribution in [0.15, 0.2) is 18.2 Å². The van der Waals surface area contributed by atoms with Crippen LogP contribution in [0.5, 0.6) is 0 Å². The highest BCUT2D eigenvalue weighted by atomic mass is 19.1. The Morgan fingerprint density at radius 3 is 2.79 bits per heavy atom. The second-order valence-corrected chi connectivity index (χ2v) is 5.11. The molecule has 2 N–H and O–H groups in total. The summed E-state index contributed by atoms with van der Waals surface area (Å²) in [6.07, 6.45) is 2.07. The fourth-order valence-electron chi connectivity index (χ4n) is 2.43. The van der Waals surface area contributed by atoms with Crippen molar-refractivity contribution in [3.05, 3.63) is 29.6 Å². The first-order valence-corrected chi connectivity index (χ1v) is 6.44. The molecule has 0 unspecified atom stereocenters. The first-order chi connectivity index (χ1) is 8.99. The largest absolute Gasteiger partial charge is 0.491 e. The molecule has 4 nitrogen and oxygen atoms in total. The molecule has 6 heteroatoms. The van der Waals surface area contributed by atoms with E-state index >= 15 is 0 Å². The van der Waals surface area contributed by atoms with Gasteiger partial charge in [0.25, 0.3) is 5.91 Å². The van der Waals surface area contributed by atoms with Gasteiger partial charge in [-0.2, -0.15) is 0 Å². The first-order valence-electron chi connectivity index (χ1n) is 6.44. The number of hydrogen-bond acceptors (Lipinski definition) is 3. The Morgan fingerprint density at radius 2 is 2.21 bits per heavy atom. The average Bonchev–Trinajstić information content (AvgIpc) is 2.37. The molecular weight excluding hydrogens is 248 g/mol. The lowest BCUT2D eigenvalue weighted by Gasteiger charge is -2.31. The molecule has 1 amide bonds. The van der Waals surface area contributed by atoms with Crippen LogP contribution in [0.3, 0.4) is 0 Å². The molecular formula is C13H17BFNO3. The van der Waals surface area contributed by atoms with Gasteiger partial charge in [-0.25, -0.2) is 4.39 Å². The third-order valence-electron chi connectivity index (χ3n) is 3.47. The number of rotatable bonds is 2. The molecule has 1 aromatic rings. The molecule has 2 rings (SSSR count). The van der Waals surface area contributed by atoms with Crippen molar-refractivity contribution in [1.29, 1.82) is 0 Å². The van der Waals surface area contributed by atoms with Gasteiger partial charge in [0, 0.05) is 24.1 Å². The maximum Gasteiger partial charge on any atom is 0.491 e. The van der Waals surface area contributed by atoms with Gasteiger partial charge in [0.2, 0.25) is 0 Å². The summed E-state index contributed by atoms with van der Waals surface area (Å²) in [7, 11) is -1.86. The second kappa shape index (κ2) is 5.71. The summed E-state index contributed by atoms with van der Waals surface area (Å²) < 4.78 is 13.6. The van der Waals surface area contributed by atoms with Gasteiger partial charge in [-0.15, -0.1) is 0 Å². The molecule has 0 bridgehead atoms. The van der Waals surface area contributed by atoms with Gasteiger partial charge in [-0.1, -0.05) is 13.0 Å². The summed E-state index contributed by atoms with van der Waals surface area (Å²) in [6.45, 7) is 3.46. The van der Waals surface area contributed by atoms with Crippen LogP contribution in [0.25, 0.3) is 0 Å². The molecule has 19 heavy (non-hydrogen) atoms. The monoisotopic (exact) mass is 265 g/mol. The Morgan fingerprint density at radius 1 is 1.47 bits per heavy atom. The Balaban J connectivity index is 2.17. The molecule has 1 saturated heterocycles. The smallest absolute Gasteiger partial charge is 0.423 e. The fraction of sp³-hybridized carbons (Fsp3) is 0.462. The highest BCUT2D eigenvalue weighted by Gasteiger charge is 2.24. The number of nitrogens with zero attached hydrogens (tertiary/aromatic N) is 1. The molecule has 1 atom stereocenters. The summed E-state index contributed by atoms with van der Waals surface area (Å²) in [5.41, 5.74) is 0.0274. The highest BCUT2D eigenvalue weighted by Crippen LogP contribution is 2.18. The Kier molecular flexibility index (Phi) is 4.22. The van der Waals surface area contributed by atoms with Gasteiger partial charge in [0.05, 0.1) is 0 Å². The van der Waals surface area contributed by atoms with Crippen LogP contribution in [0.1, 0.15) is 30.1 Å². The van der Waals surface area contributed by atoms with Crippen LogP contribution < -0.4 is 5.46 Å². The zero-order chi connectivity index (χ0) is 14.0. The molecule has 102 valence electrons. The molecule has 1 fully saturated rings. The lowest BCUT2D eigenvalue weighted by atomic mass is 9.79. The molecule has 1 heterocycles. The normalized spacial score (nSPS) is 19.4. The van der Waals surface area contributed by atoms with Crippen molar-refractivity contribution >= 4 is 18.5 Å². The predicted octanol–water partition coefficient (Wildman–Crippen LogP) is 0.378. The molecule has 1 aliphatic rings.